The smallest absolute Gasteiger partial charge is 0.223 e. The van der Waals surface area contributed by atoms with Crippen molar-refractivity contribution in [3.8, 4) is 0 Å². The summed E-state index contributed by atoms with van der Waals surface area (Å²) in [5.74, 6) is 0.770. The van der Waals surface area contributed by atoms with Crippen molar-refractivity contribution < 1.29 is 8.42 Å². The number of rotatable bonds is 5. The van der Waals surface area contributed by atoms with Crippen molar-refractivity contribution in [3.05, 3.63) is 17.5 Å². The molecule has 0 amide bonds. The SMILES string of the molecule is CCS(=O)(=O)CCNc1nc(C)cc(C)n1. The van der Waals surface area contributed by atoms with E-state index in [1.807, 2.05) is 19.9 Å². The van der Waals surface area contributed by atoms with Gasteiger partial charge in [-0.05, 0) is 19.9 Å². The largest absolute Gasteiger partial charge is 0.353 e. The molecule has 1 aromatic heterocycles. The average molecular weight is 243 g/mol. The third-order valence-electron chi connectivity index (χ3n) is 2.12. The molecule has 0 spiro atoms. The van der Waals surface area contributed by atoms with E-state index >= 15 is 0 Å². The Hall–Kier alpha value is -1.17. The molecule has 0 atom stereocenters. The highest BCUT2D eigenvalue weighted by Crippen LogP contribution is 2.03. The van der Waals surface area contributed by atoms with Crippen LogP contribution in [0.1, 0.15) is 18.3 Å². The van der Waals surface area contributed by atoms with Crippen LogP contribution in [0.3, 0.4) is 0 Å². The van der Waals surface area contributed by atoms with Crippen molar-refractivity contribution in [1.29, 1.82) is 0 Å². The zero-order valence-electron chi connectivity index (χ0n) is 9.82. The minimum atomic E-state index is -2.93. The van der Waals surface area contributed by atoms with Gasteiger partial charge in [0.05, 0.1) is 5.75 Å². The molecule has 0 saturated heterocycles. The summed E-state index contributed by atoms with van der Waals surface area (Å²) in [4.78, 5) is 8.32. The minimum absolute atomic E-state index is 0.111. The van der Waals surface area contributed by atoms with Crippen molar-refractivity contribution in [2.24, 2.45) is 0 Å². The zero-order valence-corrected chi connectivity index (χ0v) is 10.6. The van der Waals surface area contributed by atoms with Gasteiger partial charge in [-0.3, -0.25) is 0 Å². The summed E-state index contributed by atoms with van der Waals surface area (Å²) in [6.07, 6.45) is 0. The Morgan fingerprint density at radius 1 is 1.25 bits per heavy atom. The van der Waals surface area contributed by atoms with E-state index in [9.17, 15) is 8.42 Å². The molecule has 0 unspecified atom stereocenters. The van der Waals surface area contributed by atoms with Crippen LogP contribution in [0, 0.1) is 13.8 Å². The maximum Gasteiger partial charge on any atom is 0.223 e. The predicted molar refractivity (Wildman–Crippen MR) is 64.3 cm³/mol. The molecule has 90 valence electrons. The molecule has 1 rings (SSSR count). The molecule has 1 N–H and O–H groups in total. The Morgan fingerprint density at radius 3 is 2.31 bits per heavy atom. The number of hydrogen-bond acceptors (Lipinski definition) is 5. The summed E-state index contributed by atoms with van der Waals surface area (Å²) in [6, 6.07) is 1.87. The summed E-state index contributed by atoms with van der Waals surface area (Å²) >= 11 is 0. The monoisotopic (exact) mass is 243 g/mol. The lowest BCUT2D eigenvalue weighted by Gasteiger charge is -2.06. The average Bonchev–Trinajstić information content (AvgIpc) is 2.16. The van der Waals surface area contributed by atoms with Gasteiger partial charge < -0.3 is 5.32 Å². The highest BCUT2D eigenvalue weighted by Gasteiger charge is 2.07. The minimum Gasteiger partial charge on any atom is -0.353 e. The molecule has 16 heavy (non-hydrogen) atoms. The maximum atomic E-state index is 11.2. The van der Waals surface area contributed by atoms with E-state index in [-0.39, 0.29) is 11.5 Å². The van der Waals surface area contributed by atoms with Crippen molar-refractivity contribution in [1.82, 2.24) is 9.97 Å². The van der Waals surface area contributed by atoms with Gasteiger partial charge in [0.25, 0.3) is 0 Å². The predicted octanol–water partition coefficient (Wildman–Crippen LogP) is 0.940. The van der Waals surface area contributed by atoms with Crippen molar-refractivity contribution in [2.45, 2.75) is 20.8 Å². The van der Waals surface area contributed by atoms with Crippen molar-refractivity contribution in [3.63, 3.8) is 0 Å². The van der Waals surface area contributed by atoms with Crippen LogP contribution in [-0.4, -0.2) is 36.4 Å². The fourth-order valence-corrected chi connectivity index (χ4v) is 1.97. The van der Waals surface area contributed by atoms with Gasteiger partial charge in [-0.2, -0.15) is 0 Å². The van der Waals surface area contributed by atoms with Crippen LogP contribution in [0.25, 0.3) is 0 Å². The third kappa shape index (κ3) is 4.14. The Bertz CT molecular complexity index is 437. The van der Waals surface area contributed by atoms with E-state index in [1.165, 1.54) is 0 Å². The zero-order chi connectivity index (χ0) is 12.2. The molecule has 5 nitrogen and oxygen atoms in total. The van der Waals surface area contributed by atoms with E-state index in [1.54, 1.807) is 6.92 Å². The molecule has 0 bridgehead atoms. The first kappa shape index (κ1) is 12.9. The first-order valence-corrected chi connectivity index (χ1v) is 7.01. The summed E-state index contributed by atoms with van der Waals surface area (Å²) in [5.41, 5.74) is 1.74. The van der Waals surface area contributed by atoms with Crippen LogP contribution < -0.4 is 5.32 Å². The lowest BCUT2D eigenvalue weighted by atomic mass is 10.4. The van der Waals surface area contributed by atoms with E-state index in [4.69, 9.17) is 0 Å². The van der Waals surface area contributed by atoms with Gasteiger partial charge in [0.1, 0.15) is 0 Å². The number of anilines is 1. The quantitative estimate of drug-likeness (QED) is 0.833. The Labute approximate surface area is 96.2 Å². The van der Waals surface area contributed by atoms with E-state index in [2.05, 4.69) is 15.3 Å². The number of sulfone groups is 1. The molecular weight excluding hydrogens is 226 g/mol. The van der Waals surface area contributed by atoms with Gasteiger partial charge in [-0.1, -0.05) is 6.92 Å². The lowest BCUT2D eigenvalue weighted by Crippen LogP contribution is -2.18. The van der Waals surface area contributed by atoms with Crippen LogP contribution in [0.15, 0.2) is 6.07 Å². The highest BCUT2D eigenvalue weighted by molar-refractivity contribution is 7.91. The van der Waals surface area contributed by atoms with Crippen LogP contribution in [0.4, 0.5) is 5.95 Å². The summed E-state index contributed by atoms with van der Waals surface area (Å²) in [6.45, 7) is 5.74. The summed E-state index contributed by atoms with van der Waals surface area (Å²) < 4.78 is 22.5. The number of nitrogens with zero attached hydrogens (tertiary/aromatic N) is 2. The van der Waals surface area contributed by atoms with Gasteiger partial charge in [0.2, 0.25) is 5.95 Å². The molecule has 1 aromatic rings. The van der Waals surface area contributed by atoms with Crippen LogP contribution in [0.5, 0.6) is 0 Å². The van der Waals surface area contributed by atoms with E-state index in [0.717, 1.165) is 11.4 Å². The molecule has 0 fully saturated rings. The molecular formula is C10H17N3O2S. The standard InChI is InChI=1S/C10H17N3O2S/c1-4-16(14,15)6-5-11-10-12-8(2)7-9(3)13-10/h7H,4-6H2,1-3H3,(H,11,12,13). The van der Waals surface area contributed by atoms with Crippen molar-refractivity contribution >= 4 is 15.8 Å². The van der Waals surface area contributed by atoms with Gasteiger partial charge in [0.15, 0.2) is 9.84 Å². The molecule has 6 heteroatoms. The molecule has 0 radical (unpaired) electrons. The second-order valence-electron chi connectivity index (χ2n) is 3.64. The first-order chi connectivity index (χ1) is 7.43. The fraction of sp³-hybridized carbons (Fsp3) is 0.600. The van der Waals surface area contributed by atoms with Gasteiger partial charge in [0, 0.05) is 23.7 Å². The second kappa shape index (κ2) is 5.25. The van der Waals surface area contributed by atoms with Crippen molar-refractivity contribution in [2.75, 3.05) is 23.4 Å². The molecule has 1 heterocycles. The van der Waals surface area contributed by atoms with Crippen LogP contribution in [-0.2, 0) is 9.84 Å². The Kier molecular flexibility index (Phi) is 4.23. The molecule has 0 aliphatic rings. The summed E-state index contributed by atoms with van der Waals surface area (Å²) in [7, 11) is -2.93. The number of aryl methyl sites for hydroxylation is 2. The summed E-state index contributed by atoms with van der Waals surface area (Å²) in [5, 5.41) is 2.92. The lowest BCUT2D eigenvalue weighted by molar-refractivity contribution is 0.597. The van der Waals surface area contributed by atoms with E-state index in [0.29, 0.717) is 12.5 Å². The third-order valence-corrected chi connectivity index (χ3v) is 3.82. The van der Waals surface area contributed by atoms with E-state index < -0.39 is 9.84 Å². The highest BCUT2D eigenvalue weighted by atomic mass is 32.2. The number of nitrogens with one attached hydrogen (secondary N) is 1. The maximum absolute atomic E-state index is 11.2. The topological polar surface area (TPSA) is 72.0 Å². The molecule has 0 aromatic carbocycles. The normalized spacial score (nSPS) is 11.4. The second-order valence-corrected chi connectivity index (χ2v) is 6.11. The number of aromatic nitrogens is 2. The molecule has 0 aliphatic carbocycles. The van der Waals surface area contributed by atoms with Gasteiger partial charge in [-0.15, -0.1) is 0 Å². The fourth-order valence-electron chi connectivity index (χ4n) is 1.27. The molecule has 0 aliphatic heterocycles. The Morgan fingerprint density at radius 2 is 1.81 bits per heavy atom. The van der Waals surface area contributed by atoms with Crippen LogP contribution >= 0.6 is 0 Å². The first-order valence-electron chi connectivity index (χ1n) is 5.19. The van der Waals surface area contributed by atoms with Gasteiger partial charge >= 0.3 is 0 Å². The Balaban J connectivity index is 2.55. The molecule has 0 saturated carbocycles. The number of hydrogen-bond donors (Lipinski definition) is 1. The van der Waals surface area contributed by atoms with Gasteiger partial charge in [-0.25, -0.2) is 18.4 Å². The van der Waals surface area contributed by atoms with Crippen LogP contribution in [0.2, 0.25) is 0 Å².